The number of hydrogen-bond donors (Lipinski definition) is 3. The summed E-state index contributed by atoms with van der Waals surface area (Å²) in [6.45, 7) is 2.14. The van der Waals surface area contributed by atoms with Crippen LogP contribution in [0.25, 0.3) is 26.6 Å². The van der Waals surface area contributed by atoms with Gasteiger partial charge in [0.1, 0.15) is 16.2 Å². The van der Waals surface area contributed by atoms with Crippen molar-refractivity contribution in [2.45, 2.75) is 31.1 Å². The molecule has 0 radical (unpaired) electrons. The standard InChI is InChI=1S/C25H25FN4O3S/c1-28-19-15-8-34-22-17(23(32)33)21(31)12-6-14(26)18(16(19)20(12)30(15)22)24-4-2-11(3-5-24)13-7-29-10-25(13,24)9-27/h6,8,11,13,29H,2-5,7,9-10,27H2,1H3,(H,32,33). The number of nitrogens with two attached hydrogens (primary N) is 1. The Labute approximate surface area is 197 Å². The molecule has 0 spiro atoms. The van der Waals surface area contributed by atoms with Crippen LogP contribution in [-0.4, -0.2) is 42.2 Å². The minimum atomic E-state index is -1.30. The molecule has 3 saturated carbocycles. The first kappa shape index (κ1) is 20.7. The van der Waals surface area contributed by atoms with Gasteiger partial charge in [-0.2, -0.15) is 0 Å². The Morgan fingerprint density at radius 3 is 2.85 bits per heavy atom. The summed E-state index contributed by atoms with van der Waals surface area (Å²) >= 11 is 1.22. The molecule has 2 atom stereocenters. The lowest BCUT2D eigenvalue weighted by Gasteiger charge is -2.62. The Morgan fingerprint density at radius 1 is 1.41 bits per heavy atom. The Morgan fingerprint density at radius 2 is 2.18 bits per heavy atom. The molecule has 2 bridgehead atoms. The average molecular weight is 481 g/mol. The number of rotatable bonds is 3. The fraction of sp³-hybridized carbons (Fsp3) is 0.480. The lowest BCUT2D eigenvalue weighted by molar-refractivity contribution is -0.0565. The van der Waals surface area contributed by atoms with E-state index >= 15 is 4.39 Å². The molecule has 0 amide bonds. The number of hydrogen-bond acceptors (Lipinski definition) is 6. The van der Waals surface area contributed by atoms with E-state index < -0.39 is 22.6 Å². The zero-order chi connectivity index (χ0) is 23.6. The van der Waals surface area contributed by atoms with Gasteiger partial charge in [0.25, 0.3) is 0 Å². The predicted molar refractivity (Wildman–Crippen MR) is 129 cm³/mol. The molecule has 7 nitrogen and oxygen atoms in total. The molecule has 2 unspecified atom stereocenters. The maximum atomic E-state index is 16.4. The number of aromatic nitrogens is 1. The molecular weight excluding hydrogens is 455 g/mol. The minimum Gasteiger partial charge on any atom is -0.477 e. The normalized spacial score (nSPS) is 31.4. The summed E-state index contributed by atoms with van der Waals surface area (Å²) in [5.74, 6) is -0.738. The molecule has 4 N–H and O–H groups in total. The number of benzene rings is 1. The number of halogens is 1. The number of nitrogens with one attached hydrogen (secondary N) is 1. The lowest BCUT2D eigenvalue weighted by Crippen LogP contribution is -2.63. The summed E-state index contributed by atoms with van der Waals surface area (Å²) < 4.78 is 18.2. The van der Waals surface area contributed by atoms with Crippen LogP contribution in [0.5, 0.6) is 0 Å². The van der Waals surface area contributed by atoms with Gasteiger partial charge in [0, 0.05) is 47.3 Å². The van der Waals surface area contributed by atoms with Gasteiger partial charge in [0.15, 0.2) is 0 Å². The van der Waals surface area contributed by atoms with Crippen LogP contribution < -0.4 is 21.8 Å². The number of fused-ring (bicyclic) bond motifs is 2. The quantitative estimate of drug-likeness (QED) is 0.418. The number of pyridine rings is 1. The van der Waals surface area contributed by atoms with Crippen molar-refractivity contribution in [3.8, 4) is 0 Å². The molecule has 9 heteroatoms. The first-order chi connectivity index (χ1) is 16.4. The van der Waals surface area contributed by atoms with Crippen LogP contribution in [0.1, 0.15) is 41.6 Å². The molecule has 3 aliphatic carbocycles. The van der Waals surface area contributed by atoms with E-state index in [-0.39, 0.29) is 16.4 Å². The van der Waals surface area contributed by atoms with E-state index in [1.807, 2.05) is 9.78 Å². The first-order valence-corrected chi connectivity index (χ1v) is 12.7. The highest BCUT2D eigenvalue weighted by Gasteiger charge is 2.65. The van der Waals surface area contributed by atoms with Crippen LogP contribution in [-0.2, 0) is 5.41 Å². The molecule has 4 aromatic rings. The molecule has 1 aromatic carbocycles. The second kappa shape index (κ2) is 6.53. The monoisotopic (exact) mass is 480 g/mol. The second-order valence-corrected chi connectivity index (χ2v) is 11.2. The van der Waals surface area contributed by atoms with E-state index in [2.05, 4.69) is 10.3 Å². The molecule has 34 heavy (non-hydrogen) atoms. The topological polar surface area (TPSA) is 109 Å². The van der Waals surface area contributed by atoms with Crippen LogP contribution in [0.2, 0.25) is 0 Å². The Bertz CT molecular complexity index is 1630. The van der Waals surface area contributed by atoms with Crippen LogP contribution in [0.4, 0.5) is 4.39 Å². The second-order valence-electron chi connectivity index (χ2n) is 10.4. The van der Waals surface area contributed by atoms with Gasteiger partial charge in [-0.25, -0.2) is 9.18 Å². The van der Waals surface area contributed by atoms with Gasteiger partial charge in [-0.05, 0) is 50.1 Å². The Kier molecular flexibility index (Phi) is 3.98. The summed E-state index contributed by atoms with van der Waals surface area (Å²) in [4.78, 5) is 30.3. The molecule has 1 saturated heterocycles. The molecule has 176 valence electrons. The van der Waals surface area contributed by atoms with Crippen LogP contribution >= 0.6 is 11.3 Å². The lowest BCUT2D eigenvalue weighted by atomic mass is 9.42. The number of carbonyl (C=O) groups is 1. The molecule has 4 fully saturated rings. The van der Waals surface area contributed by atoms with Crippen molar-refractivity contribution >= 4 is 43.9 Å². The number of thiazole rings is 1. The average Bonchev–Trinajstić information content (AvgIpc) is 3.53. The molecule has 1 aliphatic heterocycles. The summed E-state index contributed by atoms with van der Waals surface area (Å²) in [6, 6.07) is 1.28. The van der Waals surface area contributed by atoms with Crippen molar-refractivity contribution in [2.75, 3.05) is 26.7 Å². The van der Waals surface area contributed by atoms with Gasteiger partial charge in [0.2, 0.25) is 5.43 Å². The third-order valence-corrected chi connectivity index (χ3v) is 10.5. The summed E-state index contributed by atoms with van der Waals surface area (Å²) in [5, 5.41) is 16.6. The maximum absolute atomic E-state index is 16.4. The Hall–Kier alpha value is -2.62. The fourth-order valence-electron chi connectivity index (χ4n) is 8.27. The number of aromatic carboxylic acids is 1. The highest BCUT2D eigenvalue weighted by Crippen LogP contribution is 2.66. The van der Waals surface area contributed by atoms with Crippen molar-refractivity contribution in [1.29, 1.82) is 0 Å². The Balaban J connectivity index is 1.70. The summed E-state index contributed by atoms with van der Waals surface area (Å²) in [5.41, 5.74) is 6.83. The smallest absolute Gasteiger partial charge is 0.342 e. The minimum absolute atomic E-state index is 0.105. The van der Waals surface area contributed by atoms with Crippen molar-refractivity contribution < 1.29 is 14.3 Å². The first-order valence-electron chi connectivity index (χ1n) is 11.8. The van der Waals surface area contributed by atoms with Crippen molar-refractivity contribution in [1.82, 2.24) is 9.72 Å². The zero-order valence-electron chi connectivity index (χ0n) is 18.8. The number of nitrogens with zero attached hydrogens (tertiary/aromatic N) is 2. The van der Waals surface area contributed by atoms with E-state index in [4.69, 9.17) is 5.73 Å². The fourth-order valence-corrected chi connectivity index (χ4v) is 9.30. The van der Waals surface area contributed by atoms with Crippen LogP contribution in [0, 0.1) is 23.1 Å². The highest BCUT2D eigenvalue weighted by molar-refractivity contribution is 7.16. The van der Waals surface area contributed by atoms with E-state index in [9.17, 15) is 14.7 Å². The van der Waals surface area contributed by atoms with Gasteiger partial charge in [-0.1, -0.05) is 0 Å². The van der Waals surface area contributed by atoms with Gasteiger partial charge in [0.05, 0.1) is 21.8 Å². The molecular formula is C25H25FN4O3S. The third kappa shape index (κ3) is 2.05. The number of carboxylic acid groups (broad SMARTS) is 1. The van der Waals surface area contributed by atoms with Gasteiger partial charge >= 0.3 is 5.97 Å². The largest absolute Gasteiger partial charge is 0.477 e. The van der Waals surface area contributed by atoms with E-state index in [1.54, 1.807) is 7.05 Å². The maximum Gasteiger partial charge on any atom is 0.342 e. The molecule has 4 aliphatic rings. The number of carboxylic acids is 1. The SMILES string of the molecule is CN=c1c2c(C34CCC(CC3)C3CNCC34CN)c(F)cc3c(=O)c(C(=O)O)c4scc1n4c32. The van der Waals surface area contributed by atoms with E-state index in [0.717, 1.165) is 44.3 Å². The van der Waals surface area contributed by atoms with Crippen LogP contribution in [0.15, 0.2) is 21.2 Å². The van der Waals surface area contributed by atoms with Gasteiger partial charge < -0.3 is 16.2 Å². The van der Waals surface area contributed by atoms with Crippen molar-refractivity contribution in [3.05, 3.63) is 44.0 Å². The van der Waals surface area contributed by atoms with Crippen molar-refractivity contribution in [3.63, 3.8) is 0 Å². The molecule has 4 heterocycles. The van der Waals surface area contributed by atoms with Gasteiger partial charge in [-0.15, -0.1) is 11.3 Å². The highest BCUT2D eigenvalue weighted by atomic mass is 32.1. The van der Waals surface area contributed by atoms with Crippen LogP contribution in [0.3, 0.4) is 0 Å². The van der Waals surface area contributed by atoms with Gasteiger partial charge in [-0.3, -0.25) is 14.2 Å². The van der Waals surface area contributed by atoms with E-state index in [1.165, 1.54) is 17.4 Å². The predicted octanol–water partition coefficient (Wildman–Crippen LogP) is 2.52. The summed E-state index contributed by atoms with van der Waals surface area (Å²) in [6.07, 6.45) is 3.80. The molecule has 3 aromatic heterocycles. The third-order valence-electron chi connectivity index (χ3n) is 9.57. The molecule has 8 rings (SSSR count). The van der Waals surface area contributed by atoms with Crippen molar-refractivity contribution in [2.24, 2.45) is 28.0 Å². The zero-order valence-corrected chi connectivity index (χ0v) is 19.6. The van der Waals surface area contributed by atoms with E-state index in [0.29, 0.717) is 45.0 Å². The summed E-state index contributed by atoms with van der Waals surface area (Å²) in [7, 11) is 1.68.